The number of nitrogens with zero attached hydrogens (tertiary/aromatic N) is 2. The molecule has 1 aliphatic heterocycles. The molecule has 4 aromatic rings. The number of likely N-dealkylation sites (N-methyl/N-ethyl adjacent to an activating group) is 1. The van der Waals surface area contributed by atoms with Gasteiger partial charge in [0, 0.05) is 24.0 Å². The summed E-state index contributed by atoms with van der Waals surface area (Å²) in [5.74, 6) is 0.418. The van der Waals surface area contributed by atoms with Crippen LogP contribution in [0.4, 0.5) is 17.1 Å². The van der Waals surface area contributed by atoms with Crippen molar-refractivity contribution in [2.75, 3.05) is 30.0 Å². The fourth-order valence-corrected chi connectivity index (χ4v) is 5.27. The third kappa shape index (κ3) is 6.19. The Morgan fingerprint density at radius 1 is 0.927 bits per heavy atom. The highest BCUT2D eigenvalue weighted by Crippen LogP contribution is 2.34. The van der Waals surface area contributed by atoms with Gasteiger partial charge in [-0.3, -0.25) is 14.5 Å². The average Bonchev–Trinajstić information content (AvgIpc) is 2.93. The number of hydrogen-bond donors (Lipinski definition) is 1. The van der Waals surface area contributed by atoms with Crippen molar-refractivity contribution in [2.45, 2.75) is 33.3 Å². The number of carbonyl (C=O) groups excluding carboxylic acids is 1. The molecule has 7 heteroatoms. The van der Waals surface area contributed by atoms with Crippen LogP contribution in [0, 0.1) is 20.8 Å². The van der Waals surface area contributed by atoms with E-state index in [0.717, 1.165) is 28.1 Å². The van der Waals surface area contributed by atoms with E-state index < -0.39 is 5.97 Å². The maximum Gasteiger partial charge on any atom is 0.307 e. The molecule has 1 N–H and O–H groups in total. The maximum absolute atomic E-state index is 14.2. The normalized spacial score (nSPS) is 14.1. The average molecular weight is 551 g/mol. The lowest BCUT2D eigenvalue weighted by molar-refractivity contribution is -0.136. The van der Waals surface area contributed by atoms with Crippen LogP contribution in [0.3, 0.4) is 0 Å². The number of rotatable bonds is 8. The molecule has 7 nitrogen and oxygen atoms in total. The van der Waals surface area contributed by atoms with Crippen molar-refractivity contribution in [3.05, 3.63) is 113 Å². The van der Waals surface area contributed by atoms with E-state index >= 15 is 0 Å². The van der Waals surface area contributed by atoms with Crippen molar-refractivity contribution < 1.29 is 24.2 Å². The van der Waals surface area contributed by atoms with Crippen LogP contribution in [-0.2, 0) is 11.2 Å². The Bertz CT molecular complexity index is 1580. The molecule has 0 saturated heterocycles. The van der Waals surface area contributed by atoms with Gasteiger partial charge in [-0.25, -0.2) is 0 Å². The van der Waals surface area contributed by atoms with E-state index in [-0.39, 0.29) is 18.4 Å². The Hall–Kier alpha value is -4.78. The zero-order valence-electron chi connectivity index (χ0n) is 23.8. The molecule has 4 aromatic carbocycles. The van der Waals surface area contributed by atoms with Crippen LogP contribution in [0.15, 0.2) is 84.9 Å². The molecule has 1 amide bonds. The second-order valence-electron chi connectivity index (χ2n) is 10.6. The molecule has 1 heterocycles. The van der Waals surface area contributed by atoms with E-state index in [2.05, 4.69) is 4.90 Å². The fraction of sp³-hybridized carbons (Fsp3) is 0.235. The van der Waals surface area contributed by atoms with Crippen LogP contribution in [0.2, 0.25) is 0 Å². The summed E-state index contributed by atoms with van der Waals surface area (Å²) in [5, 5.41) is 9.37. The highest BCUT2D eigenvalue weighted by atomic mass is 16.5. The van der Waals surface area contributed by atoms with Crippen molar-refractivity contribution in [1.82, 2.24) is 0 Å². The van der Waals surface area contributed by atoms with Gasteiger partial charge in [0.1, 0.15) is 24.2 Å². The first-order valence-corrected chi connectivity index (χ1v) is 13.6. The molecule has 0 unspecified atom stereocenters. The Labute approximate surface area is 240 Å². The molecule has 1 atom stereocenters. The van der Waals surface area contributed by atoms with Crippen molar-refractivity contribution in [3.8, 4) is 11.5 Å². The minimum Gasteiger partial charge on any atom is -0.489 e. The van der Waals surface area contributed by atoms with Gasteiger partial charge >= 0.3 is 5.97 Å². The number of ether oxygens (including phenoxy) is 2. The standard InChI is InChI=1S/C34H34N2O5/c1-22-14-25(19-33(37)38)18-27(15-22)36(26-10-6-5-7-11-26)34(39)29-16-24(3)32(17-23(29)2)40-21-28-20-35(4)30-12-8-9-13-31(30)41-28/h5-18,28H,19-21H2,1-4H3,(H,37,38)/t28-/m0/s1. The summed E-state index contributed by atoms with van der Waals surface area (Å²) in [6.45, 7) is 6.81. The number of anilines is 3. The molecule has 5 rings (SSSR count). The van der Waals surface area contributed by atoms with Gasteiger partial charge in [-0.2, -0.15) is 0 Å². The molecule has 0 fully saturated rings. The number of fused-ring (bicyclic) bond motifs is 1. The Balaban J connectivity index is 1.41. The quantitative estimate of drug-likeness (QED) is 0.270. The van der Waals surface area contributed by atoms with Crippen LogP contribution in [0.5, 0.6) is 11.5 Å². The lowest BCUT2D eigenvalue weighted by atomic mass is 10.0. The molecule has 41 heavy (non-hydrogen) atoms. The molecule has 0 spiro atoms. The topological polar surface area (TPSA) is 79.3 Å². The zero-order chi connectivity index (χ0) is 29.1. The number of para-hydroxylation sites is 3. The summed E-state index contributed by atoms with van der Waals surface area (Å²) < 4.78 is 12.4. The van der Waals surface area contributed by atoms with Crippen LogP contribution < -0.4 is 19.3 Å². The SMILES string of the molecule is Cc1cc(CC(=O)O)cc(N(C(=O)c2cc(C)c(OC[C@@H]3CN(C)c4ccccc4O3)cc2C)c2ccccc2)c1. The summed E-state index contributed by atoms with van der Waals surface area (Å²) in [6.07, 6.45) is -0.257. The van der Waals surface area contributed by atoms with Gasteiger partial charge in [-0.1, -0.05) is 36.4 Å². The summed E-state index contributed by atoms with van der Waals surface area (Å²) in [5.41, 5.74) is 6.05. The second kappa shape index (κ2) is 11.8. The lowest BCUT2D eigenvalue weighted by Gasteiger charge is -2.33. The largest absolute Gasteiger partial charge is 0.489 e. The second-order valence-corrected chi connectivity index (χ2v) is 10.6. The smallest absolute Gasteiger partial charge is 0.307 e. The van der Waals surface area contributed by atoms with Gasteiger partial charge in [0.25, 0.3) is 5.91 Å². The minimum atomic E-state index is -0.921. The number of carbonyl (C=O) groups is 2. The molecular formula is C34H34N2O5. The van der Waals surface area contributed by atoms with E-state index in [4.69, 9.17) is 9.47 Å². The molecule has 210 valence electrons. The summed E-state index contributed by atoms with van der Waals surface area (Å²) in [6, 6.07) is 26.6. The molecule has 0 saturated carbocycles. The van der Waals surface area contributed by atoms with Crippen LogP contribution in [0.1, 0.15) is 32.6 Å². The Morgan fingerprint density at radius 2 is 1.66 bits per heavy atom. The van der Waals surface area contributed by atoms with Gasteiger partial charge in [-0.05, 0) is 91.6 Å². The van der Waals surface area contributed by atoms with Crippen LogP contribution in [-0.4, -0.2) is 43.3 Å². The number of carboxylic acid groups (broad SMARTS) is 1. The van der Waals surface area contributed by atoms with E-state index in [9.17, 15) is 14.7 Å². The van der Waals surface area contributed by atoms with Gasteiger partial charge < -0.3 is 19.5 Å². The fourth-order valence-electron chi connectivity index (χ4n) is 5.27. The van der Waals surface area contributed by atoms with E-state index in [1.54, 1.807) is 11.0 Å². The number of hydrogen-bond acceptors (Lipinski definition) is 5. The van der Waals surface area contributed by atoms with Gasteiger partial charge in [0.05, 0.1) is 18.7 Å². The van der Waals surface area contributed by atoms with E-state index in [0.29, 0.717) is 41.4 Å². The monoisotopic (exact) mass is 550 g/mol. The summed E-state index contributed by atoms with van der Waals surface area (Å²) in [7, 11) is 2.04. The first-order valence-electron chi connectivity index (χ1n) is 13.6. The number of amides is 1. The minimum absolute atomic E-state index is 0.123. The van der Waals surface area contributed by atoms with Gasteiger partial charge in [-0.15, -0.1) is 0 Å². The van der Waals surface area contributed by atoms with Crippen molar-refractivity contribution >= 4 is 28.9 Å². The Morgan fingerprint density at radius 3 is 2.41 bits per heavy atom. The van der Waals surface area contributed by atoms with E-state index in [1.807, 2.05) is 107 Å². The lowest BCUT2D eigenvalue weighted by Crippen LogP contribution is -2.41. The van der Waals surface area contributed by atoms with Crippen molar-refractivity contribution in [2.24, 2.45) is 0 Å². The summed E-state index contributed by atoms with van der Waals surface area (Å²) in [4.78, 5) is 29.4. The molecule has 0 aliphatic carbocycles. The van der Waals surface area contributed by atoms with Crippen molar-refractivity contribution in [1.29, 1.82) is 0 Å². The third-order valence-electron chi connectivity index (χ3n) is 7.18. The first kappa shape index (κ1) is 27.8. The van der Waals surface area contributed by atoms with Gasteiger partial charge in [0.15, 0.2) is 0 Å². The number of benzene rings is 4. The van der Waals surface area contributed by atoms with Crippen LogP contribution >= 0.6 is 0 Å². The third-order valence-corrected chi connectivity index (χ3v) is 7.18. The molecule has 0 bridgehead atoms. The number of aliphatic carboxylic acids is 1. The first-order chi connectivity index (χ1) is 19.7. The molecule has 0 aromatic heterocycles. The highest BCUT2D eigenvalue weighted by Gasteiger charge is 2.26. The highest BCUT2D eigenvalue weighted by molar-refractivity contribution is 6.12. The van der Waals surface area contributed by atoms with Crippen LogP contribution in [0.25, 0.3) is 0 Å². The Kier molecular flexibility index (Phi) is 7.97. The van der Waals surface area contributed by atoms with Gasteiger partial charge in [0.2, 0.25) is 0 Å². The van der Waals surface area contributed by atoms with E-state index in [1.165, 1.54) is 0 Å². The zero-order valence-corrected chi connectivity index (χ0v) is 23.8. The molecule has 1 aliphatic rings. The maximum atomic E-state index is 14.2. The predicted octanol–water partition coefficient (Wildman–Crippen LogP) is 6.49. The van der Waals surface area contributed by atoms with Crippen molar-refractivity contribution in [3.63, 3.8) is 0 Å². The number of aryl methyl sites for hydroxylation is 3. The predicted molar refractivity (Wildman–Crippen MR) is 161 cm³/mol. The summed E-state index contributed by atoms with van der Waals surface area (Å²) >= 11 is 0. The molecular weight excluding hydrogens is 516 g/mol. The number of carboxylic acids is 1. The molecule has 0 radical (unpaired) electrons.